The van der Waals surface area contributed by atoms with Gasteiger partial charge in [0.2, 0.25) is 0 Å². The monoisotopic (exact) mass is 222 g/mol. The molecule has 3 nitrogen and oxygen atoms in total. The highest BCUT2D eigenvalue weighted by molar-refractivity contribution is 5.26. The molecule has 0 aliphatic heterocycles. The number of nitrogens with two attached hydrogens (primary N) is 1. The molecule has 0 saturated heterocycles. The molecule has 0 fully saturated rings. The van der Waals surface area contributed by atoms with Gasteiger partial charge in [-0.05, 0) is 30.4 Å². The fraction of sp³-hybridized carbons (Fsp3) is 0.615. The summed E-state index contributed by atoms with van der Waals surface area (Å²) in [5, 5.41) is 0. The number of ether oxygens (including phenoxy) is 1. The molecule has 0 saturated carbocycles. The van der Waals surface area contributed by atoms with Crippen LogP contribution in [0.2, 0.25) is 0 Å². The van der Waals surface area contributed by atoms with Crippen LogP contribution in [0.3, 0.4) is 0 Å². The molecule has 0 radical (unpaired) electrons. The van der Waals surface area contributed by atoms with E-state index in [-0.39, 0.29) is 11.5 Å². The highest BCUT2D eigenvalue weighted by atomic mass is 16.5. The second-order valence-corrected chi connectivity index (χ2v) is 4.71. The van der Waals surface area contributed by atoms with Gasteiger partial charge in [-0.3, -0.25) is 4.98 Å². The van der Waals surface area contributed by atoms with Crippen LogP contribution in [0.25, 0.3) is 0 Å². The average Bonchev–Trinajstić information content (AvgIpc) is 2.29. The van der Waals surface area contributed by atoms with Crippen LogP contribution >= 0.6 is 0 Å². The van der Waals surface area contributed by atoms with Crippen LogP contribution in [-0.2, 0) is 0 Å². The lowest BCUT2D eigenvalue weighted by molar-refractivity contribution is 0.276. The maximum atomic E-state index is 6.25. The highest BCUT2D eigenvalue weighted by Crippen LogP contribution is 2.34. The fourth-order valence-corrected chi connectivity index (χ4v) is 1.52. The van der Waals surface area contributed by atoms with Gasteiger partial charge in [0, 0.05) is 12.2 Å². The number of nitrogens with zero attached hydrogens (tertiary/aromatic N) is 1. The van der Waals surface area contributed by atoms with Gasteiger partial charge in [0.15, 0.2) is 0 Å². The third-order valence-electron chi connectivity index (χ3n) is 3.16. The lowest BCUT2D eigenvalue weighted by Gasteiger charge is -2.30. The van der Waals surface area contributed by atoms with Crippen molar-refractivity contribution in [1.82, 2.24) is 4.98 Å². The molecule has 90 valence electrons. The van der Waals surface area contributed by atoms with E-state index in [0.29, 0.717) is 6.61 Å². The van der Waals surface area contributed by atoms with Gasteiger partial charge in [0.05, 0.1) is 12.8 Å². The van der Waals surface area contributed by atoms with Crippen molar-refractivity contribution in [3.05, 3.63) is 24.0 Å². The molecule has 0 amide bonds. The zero-order valence-corrected chi connectivity index (χ0v) is 10.7. The molecule has 3 heteroatoms. The van der Waals surface area contributed by atoms with Gasteiger partial charge >= 0.3 is 0 Å². The molecule has 16 heavy (non-hydrogen) atoms. The maximum Gasteiger partial charge on any atom is 0.137 e. The molecule has 0 spiro atoms. The fourth-order valence-electron chi connectivity index (χ4n) is 1.52. The first kappa shape index (κ1) is 13.0. The lowest BCUT2D eigenvalue weighted by atomic mass is 9.79. The van der Waals surface area contributed by atoms with Crippen molar-refractivity contribution in [3.8, 4) is 5.75 Å². The van der Waals surface area contributed by atoms with Crippen LogP contribution in [0.5, 0.6) is 5.75 Å². The minimum atomic E-state index is -0.00888. The van der Waals surface area contributed by atoms with E-state index in [4.69, 9.17) is 10.5 Å². The second kappa shape index (κ2) is 5.30. The van der Waals surface area contributed by atoms with E-state index in [9.17, 15) is 0 Å². The highest BCUT2D eigenvalue weighted by Gasteiger charge is 2.26. The Kier molecular flexibility index (Phi) is 4.30. The van der Waals surface area contributed by atoms with E-state index >= 15 is 0 Å². The number of aromatic nitrogens is 1. The summed E-state index contributed by atoms with van der Waals surface area (Å²) in [6.45, 7) is 9.11. The first-order chi connectivity index (χ1) is 7.51. The standard InChI is InChI=1S/C13H22N2O/c1-5-13(3,4)12(14)10-7-11(16-6-2)9-15-8-10/h7-9,12H,5-6,14H2,1-4H3. The average molecular weight is 222 g/mol. The minimum absolute atomic E-state index is 0.00888. The molecule has 1 aromatic heterocycles. The zero-order chi connectivity index (χ0) is 12.2. The normalized spacial score (nSPS) is 13.6. The van der Waals surface area contributed by atoms with Crippen molar-refractivity contribution in [2.75, 3.05) is 6.61 Å². The number of hydrogen-bond donors (Lipinski definition) is 1. The Hall–Kier alpha value is -1.09. The predicted octanol–water partition coefficient (Wildman–Crippen LogP) is 2.92. The third kappa shape index (κ3) is 2.95. The maximum absolute atomic E-state index is 6.25. The Bertz CT molecular complexity index is 336. The third-order valence-corrected chi connectivity index (χ3v) is 3.16. The van der Waals surface area contributed by atoms with Gasteiger partial charge in [-0.15, -0.1) is 0 Å². The SMILES string of the molecule is CCOc1cncc(C(N)C(C)(C)CC)c1. The van der Waals surface area contributed by atoms with Crippen LogP contribution in [0.4, 0.5) is 0 Å². The minimum Gasteiger partial charge on any atom is -0.492 e. The number of pyridine rings is 1. The van der Waals surface area contributed by atoms with E-state index in [2.05, 4.69) is 25.8 Å². The van der Waals surface area contributed by atoms with Crippen LogP contribution < -0.4 is 10.5 Å². The van der Waals surface area contributed by atoms with E-state index < -0.39 is 0 Å². The van der Waals surface area contributed by atoms with E-state index in [1.54, 1.807) is 6.20 Å². The van der Waals surface area contributed by atoms with Gasteiger partial charge in [0.1, 0.15) is 5.75 Å². The summed E-state index contributed by atoms with van der Waals surface area (Å²) in [5.41, 5.74) is 7.37. The second-order valence-electron chi connectivity index (χ2n) is 4.71. The zero-order valence-electron chi connectivity index (χ0n) is 10.7. The summed E-state index contributed by atoms with van der Waals surface area (Å²) in [6.07, 6.45) is 4.58. The first-order valence-corrected chi connectivity index (χ1v) is 5.84. The summed E-state index contributed by atoms with van der Waals surface area (Å²) in [6, 6.07) is 1.98. The molecule has 0 bridgehead atoms. The Morgan fingerprint density at radius 2 is 2.06 bits per heavy atom. The van der Waals surface area contributed by atoms with E-state index in [1.807, 2.05) is 19.2 Å². The van der Waals surface area contributed by atoms with Crippen LogP contribution in [0.15, 0.2) is 18.5 Å². The molecule has 1 rings (SSSR count). The van der Waals surface area contributed by atoms with Crippen LogP contribution in [-0.4, -0.2) is 11.6 Å². The predicted molar refractivity (Wildman–Crippen MR) is 66.4 cm³/mol. The van der Waals surface area contributed by atoms with Gasteiger partial charge in [-0.2, -0.15) is 0 Å². The van der Waals surface area contributed by atoms with Gasteiger partial charge in [-0.1, -0.05) is 20.8 Å². The number of rotatable bonds is 5. The van der Waals surface area contributed by atoms with Crippen molar-refractivity contribution >= 4 is 0 Å². The Morgan fingerprint density at radius 1 is 1.38 bits per heavy atom. The molecule has 0 aliphatic rings. The molecule has 1 heterocycles. The molecule has 2 N–H and O–H groups in total. The summed E-state index contributed by atoms with van der Waals surface area (Å²) in [4.78, 5) is 4.17. The Labute approximate surface area is 98.0 Å². The van der Waals surface area contributed by atoms with Gasteiger partial charge in [0.25, 0.3) is 0 Å². The van der Waals surface area contributed by atoms with Gasteiger partial charge < -0.3 is 10.5 Å². The Morgan fingerprint density at radius 3 is 2.62 bits per heavy atom. The lowest BCUT2D eigenvalue weighted by Crippen LogP contribution is -2.28. The van der Waals surface area contributed by atoms with Gasteiger partial charge in [-0.25, -0.2) is 0 Å². The molecular weight excluding hydrogens is 200 g/mol. The van der Waals surface area contributed by atoms with Crippen LogP contribution in [0, 0.1) is 5.41 Å². The summed E-state index contributed by atoms with van der Waals surface area (Å²) < 4.78 is 5.42. The molecule has 1 aromatic rings. The molecule has 1 atom stereocenters. The van der Waals surface area contributed by atoms with Crippen molar-refractivity contribution in [3.63, 3.8) is 0 Å². The molecule has 1 unspecified atom stereocenters. The number of hydrogen-bond acceptors (Lipinski definition) is 3. The van der Waals surface area contributed by atoms with Crippen molar-refractivity contribution in [2.24, 2.45) is 11.1 Å². The summed E-state index contributed by atoms with van der Waals surface area (Å²) in [5.74, 6) is 0.794. The van der Waals surface area contributed by atoms with E-state index in [0.717, 1.165) is 17.7 Å². The summed E-state index contributed by atoms with van der Waals surface area (Å²) in [7, 11) is 0. The van der Waals surface area contributed by atoms with Crippen LogP contribution in [0.1, 0.15) is 45.7 Å². The van der Waals surface area contributed by atoms with E-state index in [1.165, 1.54) is 0 Å². The largest absolute Gasteiger partial charge is 0.492 e. The quantitative estimate of drug-likeness (QED) is 0.833. The topological polar surface area (TPSA) is 48.1 Å². The molecule has 0 aromatic carbocycles. The van der Waals surface area contributed by atoms with Crippen molar-refractivity contribution in [1.29, 1.82) is 0 Å². The first-order valence-electron chi connectivity index (χ1n) is 5.84. The molecule has 0 aliphatic carbocycles. The van der Waals surface area contributed by atoms with Crippen molar-refractivity contribution in [2.45, 2.75) is 40.2 Å². The summed E-state index contributed by atoms with van der Waals surface area (Å²) >= 11 is 0. The Balaban J connectivity index is 2.91. The smallest absolute Gasteiger partial charge is 0.137 e. The molecular formula is C13H22N2O. The van der Waals surface area contributed by atoms with Crippen molar-refractivity contribution < 1.29 is 4.74 Å².